The average molecular weight is 368 g/mol. The van der Waals surface area contributed by atoms with E-state index in [-0.39, 0.29) is 23.6 Å². The maximum absolute atomic E-state index is 12.8. The zero-order chi connectivity index (χ0) is 19.0. The van der Waals surface area contributed by atoms with Crippen LogP contribution in [-0.4, -0.2) is 45.8 Å². The largest absolute Gasteiger partial charge is 0.508 e. The molecule has 0 fully saturated rings. The molecule has 0 aliphatic carbocycles. The Morgan fingerprint density at radius 2 is 2.22 bits per heavy atom. The maximum atomic E-state index is 12.8. The van der Waals surface area contributed by atoms with Crippen molar-refractivity contribution in [1.29, 1.82) is 0 Å². The lowest BCUT2D eigenvalue weighted by atomic mass is 9.64. The van der Waals surface area contributed by atoms with E-state index >= 15 is 0 Å². The Labute approximate surface area is 157 Å². The minimum absolute atomic E-state index is 0.107. The van der Waals surface area contributed by atoms with Gasteiger partial charge in [-0.15, -0.1) is 0 Å². The van der Waals surface area contributed by atoms with E-state index in [0.717, 1.165) is 37.0 Å². The molecule has 6 nitrogen and oxygen atoms in total. The van der Waals surface area contributed by atoms with E-state index in [1.165, 1.54) is 12.7 Å². The maximum Gasteiger partial charge on any atom is 0.359 e. The second-order valence-electron chi connectivity index (χ2n) is 8.02. The number of methoxy groups -OCH3 is 1. The number of aliphatic hydroxyl groups is 1. The molecule has 0 radical (unpaired) electrons. The summed E-state index contributed by atoms with van der Waals surface area (Å²) >= 11 is 0. The summed E-state index contributed by atoms with van der Waals surface area (Å²) in [5.74, 6) is -0.540. The fourth-order valence-electron chi connectivity index (χ4n) is 5.67. The third kappa shape index (κ3) is 1.95. The van der Waals surface area contributed by atoms with E-state index in [1.807, 2.05) is 6.07 Å². The highest BCUT2D eigenvalue weighted by molar-refractivity contribution is 5.91. The lowest BCUT2D eigenvalue weighted by Crippen LogP contribution is -2.58. The molecule has 1 aromatic heterocycles. The Bertz CT molecular complexity index is 994. The number of carbonyl (C=O) groups excluding carboxylic acids is 1. The molecule has 0 saturated heterocycles. The number of aromatic hydroxyl groups is 1. The molecule has 5 rings (SSSR count). The van der Waals surface area contributed by atoms with Gasteiger partial charge in [0.05, 0.1) is 18.7 Å². The number of aromatic nitrogens is 1. The minimum atomic E-state index is -1.80. The van der Waals surface area contributed by atoms with E-state index < -0.39 is 11.7 Å². The summed E-state index contributed by atoms with van der Waals surface area (Å²) in [5, 5.41) is 22.8. The van der Waals surface area contributed by atoms with Crippen LogP contribution in [-0.2, 0) is 21.7 Å². The smallest absolute Gasteiger partial charge is 0.359 e. The van der Waals surface area contributed by atoms with Crippen molar-refractivity contribution >= 4 is 16.9 Å². The summed E-state index contributed by atoms with van der Waals surface area (Å²) in [7, 11) is 1.31. The number of nitrogens with zero attached hydrogens (tertiary/aromatic N) is 2. The van der Waals surface area contributed by atoms with Crippen molar-refractivity contribution in [2.45, 2.75) is 38.0 Å². The number of hydrogen-bond acceptors (Lipinski definition) is 5. The highest BCUT2D eigenvalue weighted by Gasteiger charge is 2.59. The molecule has 0 spiro atoms. The van der Waals surface area contributed by atoms with Crippen molar-refractivity contribution in [1.82, 2.24) is 9.47 Å². The predicted molar refractivity (Wildman–Crippen MR) is 100 cm³/mol. The van der Waals surface area contributed by atoms with Crippen molar-refractivity contribution in [3.8, 4) is 5.75 Å². The summed E-state index contributed by atoms with van der Waals surface area (Å²) in [6.07, 6.45) is 6.27. The van der Waals surface area contributed by atoms with Crippen LogP contribution in [0.2, 0.25) is 0 Å². The van der Waals surface area contributed by atoms with Crippen LogP contribution in [0, 0.1) is 5.41 Å². The van der Waals surface area contributed by atoms with E-state index in [0.29, 0.717) is 5.52 Å². The summed E-state index contributed by atoms with van der Waals surface area (Å²) in [4.78, 5) is 15.3. The van der Waals surface area contributed by atoms with Gasteiger partial charge in [0.15, 0.2) is 0 Å². The quantitative estimate of drug-likeness (QED) is 0.629. The van der Waals surface area contributed by atoms with E-state index in [9.17, 15) is 15.0 Å². The number of phenolic OH excluding ortho intramolecular Hbond substituents is 1. The number of hydrogen-bond donors (Lipinski definition) is 2. The summed E-state index contributed by atoms with van der Waals surface area (Å²) in [6, 6.07) is 5.31. The minimum Gasteiger partial charge on any atom is -0.508 e. The number of phenols is 1. The zero-order valence-corrected chi connectivity index (χ0v) is 15.6. The third-order valence-electron chi connectivity index (χ3n) is 6.82. The van der Waals surface area contributed by atoms with Gasteiger partial charge in [-0.05, 0) is 30.5 Å². The predicted octanol–water partition coefficient (Wildman–Crippen LogP) is 2.43. The molecule has 0 bridgehead atoms. The molecule has 3 atom stereocenters. The van der Waals surface area contributed by atoms with Gasteiger partial charge in [-0.25, -0.2) is 4.79 Å². The molecule has 27 heavy (non-hydrogen) atoms. The molecule has 6 heteroatoms. The molecule has 142 valence electrons. The lowest BCUT2D eigenvalue weighted by molar-refractivity contribution is -0.187. The fourth-order valence-corrected chi connectivity index (χ4v) is 5.67. The van der Waals surface area contributed by atoms with Crippen LogP contribution in [0.5, 0.6) is 5.75 Å². The number of esters is 1. The van der Waals surface area contributed by atoms with Crippen LogP contribution in [0.25, 0.3) is 10.9 Å². The van der Waals surface area contributed by atoms with Gasteiger partial charge in [-0.3, -0.25) is 4.90 Å². The first-order valence-corrected chi connectivity index (χ1v) is 9.54. The van der Waals surface area contributed by atoms with Gasteiger partial charge in [0.1, 0.15) is 5.75 Å². The molecule has 2 aromatic rings. The van der Waals surface area contributed by atoms with Gasteiger partial charge in [-0.2, -0.15) is 0 Å². The molecule has 2 N–H and O–H groups in total. The van der Waals surface area contributed by atoms with Crippen molar-refractivity contribution in [3.05, 3.63) is 41.6 Å². The molecule has 3 aliphatic rings. The van der Waals surface area contributed by atoms with Gasteiger partial charge in [0, 0.05) is 42.1 Å². The lowest BCUT2D eigenvalue weighted by Gasteiger charge is -2.55. The number of benzene rings is 1. The zero-order valence-electron chi connectivity index (χ0n) is 15.6. The van der Waals surface area contributed by atoms with Gasteiger partial charge in [0.25, 0.3) is 0 Å². The van der Waals surface area contributed by atoms with Crippen molar-refractivity contribution in [3.63, 3.8) is 0 Å². The molecule has 0 unspecified atom stereocenters. The van der Waals surface area contributed by atoms with Crippen LogP contribution >= 0.6 is 0 Å². The Kier molecular flexibility index (Phi) is 3.34. The Morgan fingerprint density at radius 1 is 1.41 bits per heavy atom. The summed E-state index contributed by atoms with van der Waals surface area (Å²) in [5.41, 5.74) is 0.719. The molecular weight excluding hydrogens is 344 g/mol. The Hall–Kier alpha value is -2.31. The van der Waals surface area contributed by atoms with Gasteiger partial charge >= 0.3 is 5.97 Å². The molecule has 0 saturated carbocycles. The van der Waals surface area contributed by atoms with E-state index in [2.05, 4.69) is 24.0 Å². The van der Waals surface area contributed by atoms with Gasteiger partial charge in [0.2, 0.25) is 5.72 Å². The first-order chi connectivity index (χ1) is 12.9. The standard InChI is InChI=1S/C21H24N2O4/c1-3-20-8-4-9-22-10-7-15-14-6-5-13(24)11-16(14)23(17(15)18(20)22)21(26,12-20)19(25)27-2/h4-6,8,11,18,24,26H,3,7,9-10,12H2,1-2H3/t18-,20+,21-/m1/s1. The van der Waals surface area contributed by atoms with Crippen LogP contribution in [0.1, 0.15) is 37.1 Å². The normalized spacial score (nSPS) is 31.7. The van der Waals surface area contributed by atoms with Crippen molar-refractivity contribution in [2.24, 2.45) is 5.41 Å². The van der Waals surface area contributed by atoms with Crippen LogP contribution in [0.15, 0.2) is 30.4 Å². The van der Waals surface area contributed by atoms with Crippen LogP contribution in [0.3, 0.4) is 0 Å². The van der Waals surface area contributed by atoms with Crippen molar-refractivity contribution < 1.29 is 19.7 Å². The molecule has 3 aliphatic heterocycles. The Balaban J connectivity index is 1.92. The molecule has 4 heterocycles. The van der Waals surface area contributed by atoms with E-state index in [1.54, 1.807) is 16.7 Å². The van der Waals surface area contributed by atoms with Gasteiger partial charge in [-0.1, -0.05) is 19.1 Å². The van der Waals surface area contributed by atoms with Gasteiger partial charge < -0.3 is 19.5 Å². The number of ether oxygens (including phenoxy) is 1. The molecule has 1 aromatic carbocycles. The third-order valence-corrected chi connectivity index (χ3v) is 6.82. The van der Waals surface area contributed by atoms with Crippen molar-refractivity contribution in [2.75, 3.05) is 20.2 Å². The summed E-state index contributed by atoms with van der Waals surface area (Å²) < 4.78 is 6.79. The molecular formula is C21H24N2O4. The Morgan fingerprint density at radius 3 is 2.96 bits per heavy atom. The monoisotopic (exact) mass is 368 g/mol. The highest BCUT2D eigenvalue weighted by Crippen LogP contribution is 2.59. The topological polar surface area (TPSA) is 74.9 Å². The number of fused-ring (bicyclic) bond motifs is 3. The number of carbonyl (C=O) groups is 1. The van der Waals surface area contributed by atoms with E-state index in [4.69, 9.17) is 4.74 Å². The highest BCUT2D eigenvalue weighted by atomic mass is 16.5. The second-order valence-corrected chi connectivity index (χ2v) is 8.02. The fraction of sp³-hybridized carbons (Fsp3) is 0.476. The van der Waals surface area contributed by atoms with Crippen LogP contribution < -0.4 is 0 Å². The average Bonchev–Trinajstić information content (AvgIpc) is 3.01. The number of rotatable bonds is 2. The first kappa shape index (κ1) is 16.8. The molecule has 0 amide bonds. The second kappa shape index (κ2) is 5.36. The first-order valence-electron chi connectivity index (χ1n) is 9.54. The SMILES string of the molecule is CC[C@]12C=CCN3CCc4c(n(c5cc(O)ccc45)[C@](O)(C(=O)OC)C1)[C@@H]32. The summed E-state index contributed by atoms with van der Waals surface area (Å²) in [6.45, 7) is 3.93. The van der Waals surface area contributed by atoms with Crippen LogP contribution in [0.4, 0.5) is 0 Å².